The second-order valence-corrected chi connectivity index (χ2v) is 14.4. The number of halogens is 1. The Kier molecular flexibility index (Phi) is 7.70. The molecule has 3 rings (SSSR count). The van der Waals surface area contributed by atoms with Gasteiger partial charge in [-0.1, -0.05) is 80.5 Å². The van der Waals surface area contributed by atoms with Crippen LogP contribution >= 0.6 is 0 Å². The van der Waals surface area contributed by atoms with Crippen LogP contribution in [0.4, 0.5) is 4.39 Å². The van der Waals surface area contributed by atoms with E-state index in [0.29, 0.717) is 11.5 Å². The number of rotatable bonds is 8. The summed E-state index contributed by atoms with van der Waals surface area (Å²) in [5.74, 6) is 1.30. The van der Waals surface area contributed by atoms with Gasteiger partial charge in [-0.05, 0) is 61.1 Å². The predicted molar refractivity (Wildman–Crippen MR) is 125 cm³/mol. The van der Waals surface area contributed by atoms with Crippen molar-refractivity contribution in [1.82, 2.24) is 0 Å². The van der Waals surface area contributed by atoms with E-state index in [2.05, 4.69) is 50.3 Å². The Morgan fingerprint density at radius 1 is 1.00 bits per heavy atom. The number of hydrogen-bond donors (Lipinski definition) is 1. The lowest BCUT2D eigenvalue weighted by molar-refractivity contribution is 0.294. The fourth-order valence-electron chi connectivity index (χ4n) is 4.98. The molecule has 0 aromatic heterocycles. The molecule has 29 heavy (non-hydrogen) atoms. The maximum absolute atomic E-state index is 15.0. The first-order valence-electron chi connectivity index (χ1n) is 11.5. The van der Waals surface area contributed by atoms with Gasteiger partial charge < -0.3 is 5.11 Å². The largest absolute Gasteiger partial charge is 0.396 e. The Bertz CT molecular complexity index is 776. The van der Waals surface area contributed by atoms with Gasteiger partial charge in [-0.15, -0.1) is 0 Å². The number of aliphatic hydroxyl groups excluding tert-OH is 1. The molecule has 1 saturated carbocycles. The van der Waals surface area contributed by atoms with Crippen molar-refractivity contribution in [2.24, 2.45) is 5.92 Å². The summed E-state index contributed by atoms with van der Waals surface area (Å²) in [6.45, 7) is 7.20. The summed E-state index contributed by atoms with van der Waals surface area (Å²) in [6, 6.07) is 15.5. The Morgan fingerprint density at radius 3 is 2.28 bits per heavy atom. The monoisotopic (exact) mass is 412 g/mol. The van der Waals surface area contributed by atoms with Crippen LogP contribution in [-0.4, -0.2) is 19.8 Å². The molecule has 0 saturated heterocycles. The van der Waals surface area contributed by atoms with Gasteiger partial charge in [-0.25, -0.2) is 4.39 Å². The average molecular weight is 413 g/mol. The van der Waals surface area contributed by atoms with Gasteiger partial charge in [0.2, 0.25) is 0 Å². The normalized spacial score (nSPS) is 20.0. The van der Waals surface area contributed by atoms with Crippen molar-refractivity contribution in [2.75, 3.05) is 6.61 Å². The molecule has 1 aliphatic carbocycles. The van der Waals surface area contributed by atoms with Crippen LogP contribution in [0.3, 0.4) is 0 Å². The molecule has 0 spiro atoms. The molecule has 0 radical (unpaired) electrons. The summed E-state index contributed by atoms with van der Waals surface area (Å²) in [6.07, 6.45) is 8.46. The highest BCUT2D eigenvalue weighted by Crippen LogP contribution is 2.38. The third-order valence-electron chi connectivity index (χ3n) is 6.95. The Balaban J connectivity index is 1.70. The van der Waals surface area contributed by atoms with Crippen molar-refractivity contribution in [3.63, 3.8) is 0 Å². The highest BCUT2D eigenvalue weighted by Gasteiger charge is 2.24. The lowest BCUT2D eigenvalue weighted by Crippen LogP contribution is -2.41. The highest BCUT2D eigenvalue weighted by atomic mass is 28.3. The van der Waals surface area contributed by atoms with E-state index >= 15 is 0 Å². The summed E-state index contributed by atoms with van der Waals surface area (Å²) in [4.78, 5) is 0. The molecule has 1 N–H and O–H groups in total. The van der Waals surface area contributed by atoms with Crippen LogP contribution in [0, 0.1) is 11.7 Å². The Morgan fingerprint density at radius 2 is 1.69 bits per heavy atom. The maximum Gasteiger partial charge on any atom is 0.131 e. The van der Waals surface area contributed by atoms with Gasteiger partial charge in [0.25, 0.3) is 0 Å². The first kappa shape index (κ1) is 22.2. The third kappa shape index (κ3) is 5.58. The van der Waals surface area contributed by atoms with E-state index in [1.165, 1.54) is 49.3 Å². The molecule has 0 bridgehead atoms. The summed E-state index contributed by atoms with van der Waals surface area (Å²) in [7, 11) is -1.53. The van der Waals surface area contributed by atoms with Crippen LogP contribution in [0.25, 0.3) is 11.1 Å². The molecule has 0 atom stereocenters. The van der Waals surface area contributed by atoms with Crippen molar-refractivity contribution in [2.45, 2.75) is 76.9 Å². The van der Waals surface area contributed by atoms with Gasteiger partial charge in [0.05, 0.1) is 8.07 Å². The smallest absolute Gasteiger partial charge is 0.131 e. The van der Waals surface area contributed by atoms with Crippen molar-refractivity contribution in [3.8, 4) is 11.1 Å². The van der Waals surface area contributed by atoms with Gasteiger partial charge in [0, 0.05) is 12.2 Å². The van der Waals surface area contributed by atoms with Gasteiger partial charge in [-0.2, -0.15) is 0 Å². The van der Waals surface area contributed by atoms with E-state index in [9.17, 15) is 4.39 Å². The topological polar surface area (TPSA) is 20.2 Å². The summed E-state index contributed by atoms with van der Waals surface area (Å²) < 4.78 is 15.0. The van der Waals surface area contributed by atoms with Crippen LogP contribution in [0.1, 0.15) is 63.4 Å². The van der Waals surface area contributed by atoms with Crippen LogP contribution in [0.5, 0.6) is 0 Å². The van der Waals surface area contributed by atoms with Crippen LogP contribution in [0.2, 0.25) is 19.1 Å². The molecule has 0 aliphatic heterocycles. The molecule has 2 aromatic rings. The standard InChI is InChI=1S/C26H37FOSi/c1-4-6-20-7-9-21(10-8-20)23-13-16-25(26(27)19-23)22-11-14-24(15-12-22)29(2,3)18-5-17-28/h11-16,19-21,28H,4-10,17-18H2,1-3H3. The van der Waals surface area contributed by atoms with E-state index in [1.54, 1.807) is 6.07 Å². The van der Waals surface area contributed by atoms with E-state index < -0.39 is 8.07 Å². The molecule has 3 heteroatoms. The zero-order valence-electron chi connectivity index (χ0n) is 18.4. The predicted octanol–water partition coefficient (Wildman–Crippen LogP) is 6.86. The zero-order valence-corrected chi connectivity index (χ0v) is 19.4. The lowest BCUT2D eigenvalue weighted by atomic mass is 9.77. The molecule has 0 heterocycles. The van der Waals surface area contributed by atoms with Crippen LogP contribution in [-0.2, 0) is 0 Å². The molecule has 1 aliphatic rings. The summed E-state index contributed by atoms with van der Waals surface area (Å²) in [5, 5.41) is 10.5. The van der Waals surface area contributed by atoms with Crippen molar-refractivity contribution in [3.05, 3.63) is 53.8 Å². The van der Waals surface area contributed by atoms with Gasteiger partial charge in [0.15, 0.2) is 0 Å². The molecular weight excluding hydrogens is 375 g/mol. The van der Waals surface area contributed by atoms with E-state index in [-0.39, 0.29) is 12.4 Å². The second-order valence-electron chi connectivity index (χ2n) is 9.53. The maximum atomic E-state index is 15.0. The summed E-state index contributed by atoms with van der Waals surface area (Å²) in [5.41, 5.74) is 2.83. The minimum absolute atomic E-state index is 0.0947. The van der Waals surface area contributed by atoms with E-state index in [1.807, 2.05) is 6.07 Å². The molecule has 1 nitrogen and oxygen atoms in total. The van der Waals surface area contributed by atoms with Gasteiger partial charge >= 0.3 is 0 Å². The van der Waals surface area contributed by atoms with Crippen LogP contribution < -0.4 is 5.19 Å². The molecule has 158 valence electrons. The average Bonchev–Trinajstić information content (AvgIpc) is 2.73. The van der Waals surface area contributed by atoms with E-state index in [4.69, 9.17) is 5.11 Å². The van der Waals surface area contributed by atoms with E-state index in [0.717, 1.165) is 23.9 Å². The minimum Gasteiger partial charge on any atom is -0.396 e. The first-order valence-corrected chi connectivity index (χ1v) is 14.7. The first-order chi connectivity index (χ1) is 13.9. The third-order valence-corrected chi connectivity index (χ3v) is 10.4. The number of aliphatic hydroxyl groups is 1. The van der Waals surface area contributed by atoms with Gasteiger partial charge in [-0.3, -0.25) is 0 Å². The molecule has 2 aromatic carbocycles. The SMILES string of the molecule is CCCC1CCC(c2ccc(-c3ccc([Si](C)(C)CCCO)cc3)c(F)c2)CC1. The van der Waals surface area contributed by atoms with Crippen molar-refractivity contribution >= 4 is 13.3 Å². The Labute approximate surface area is 177 Å². The minimum atomic E-state index is -1.53. The quantitative estimate of drug-likeness (QED) is 0.469. The Hall–Kier alpha value is -1.45. The molecular formula is C26H37FOSi. The fraction of sp³-hybridized carbons (Fsp3) is 0.538. The van der Waals surface area contributed by atoms with Crippen LogP contribution in [0.15, 0.2) is 42.5 Å². The highest BCUT2D eigenvalue weighted by molar-refractivity contribution is 6.89. The van der Waals surface area contributed by atoms with Crippen molar-refractivity contribution in [1.29, 1.82) is 0 Å². The number of benzene rings is 2. The zero-order chi connectivity index (χ0) is 20.9. The molecule has 0 unspecified atom stereocenters. The molecule has 1 fully saturated rings. The number of hydrogen-bond acceptors (Lipinski definition) is 1. The lowest BCUT2D eigenvalue weighted by Gasteiger charge is -2.28. The summed E-state index contributed by atoms with van der Waals surface area (Å²) >= 11 is 0. The fourth-order valence-corrected chi connectivity index (χ4v) is 7.38. The van der Waals surface area contributed by atoms with Gasteiger partial charge in [0.1, 0.15) is 5.82 Å². The molecule has 0 amide bonds. The van der Waals surface area contributed by atoms with Crippen molar-refractivity contribution < 1.29 is 9.50 Å². The second kappa shape index (κ2) is 10.0.